The molecule has 1 aliphatic carbocycles. The fraction of sp³-hybridized carbons (Fsp3) is 0.778. The monoisotopic (exact) mass is 139 g/mol. The van der Waals surface area contributed by atoms with Gasteiger partial charge in [-0.15, -0.1) is 0 Å². The van der Waals surface area contributed by atoms with Gasteiger partial charge in [0.15, 0.2) is 0 Å². The fourth-order valence-electron chi connectivity index (χ4n) is 1.61. The quantitative estimate of drug-likeness (QED) is 0.593. The summed E-state index contributed by atoms with van der Waals surface area (Å²) in [6.45, 7) is 4.47. The lowest BCUT2D eigenvalue weighted by atomic mass is 9.88. The van der Waals surface area contributed by atoms with E-state index in [4.69, 9.17) is 5.73 Å². The van der Waals surface area contributed by atoms with E-state index in [0.717, 1.165) is 18.8 Å². The number of hydrogen-bond acceptors (Lipinski definition) is 1. The summed E-state index contributed by atoms with van der Waals surface area (Å²) in [4.78, 5) is 0. The van der Waals surface area contributed by atoms with Gasteiger partial charge in [-0.2, -0.15) is 0 Å². The van der Waals surface area contributed by atoms with Crippen LogP contribution in [-0.4, -0.2) is 0 Å². The molecule has 0 bridgehead atoms. The van der Waals surface area contributed by atoms with Crippen molar-refractivity contribution in [2.45, 2.75) is 39.5 Å². The molecule has 0 amide bonds. The molecule has 0 aromatic heterocycles. The van der Waals surface area contributed by atoms with Crippen LogP contribution in [0.5, 0.6) is 0 Å². The van der Waals surface area contributed by atoms with Crippen molar-refractivity contribution in [2.24, 2.45) is 11.7 Å². The van der Waals surface area contributed by atoms with Gasteiger partial charge in [0.05, 0.1) is 0 Å². The summed E-state index contributed by atoms with van der Waals surface area (Å²) in [6.07, 6.45) is 4.86. The van der Waals surface area contributed by atoms with E-state index in [1.807, 2.05) is 0 Å². The van der Waals surface area contributed by atoms with Crippen molar-refractivity contribution in [3.63, 3.8) is 0 Å². The Hall–Kier alpha value is -0.460. The first-order valence-electron chi connectivity index (χ1n) is 4.20. The molecule has 1 aliphatic rings. The Labute approximate surface area is 63.3 Å². The van der Waals surface area contributed by atoms with Gasteiger partial charge in [-0.1, -0.05) is 19.4 Å². The Kier molecular flexibility index (Phi) is 2.36. The first-order chi connectivity index (χ1) is 4.74. The minimum Gasteiger partial charge on any atom is -0.402 e. The molecule has 0 saturated heterocycles. The minimum absolute atomic E-state index is 0.815. The Bertz CT molecular complexity index is 147. The van der Waals surface area contributed by atoms with Crippen LogP contribution in [0.1, 0.15) is 39.5 Å². The smallest absolute Gasteiger partial charge is 0.00749 e. The standard InChI is InChI=1S/C9H17N/c1-3-8-5-4-7(2)6-9(8)10/h7H,3-6,10H2,1-2H3. The van der Waals surface area contributed by atoms with Crippen molar-refractivity contribution >= 4 is 0 Å². The first kappa shape index (κ1) is 7.64. The summed E-state index contributed by atoms with van der Waals surface area (Å²) in [5, 5.41) is 0. The second-order valence-corrected chi connectivity index (χ2v) is 3.33. The molecule has 1 atom stereocenters. The van der Waals surface area contributed by atoms with Gasteiger partial charge >= 0.3 is 0 Å². The molecule has 10 heavy (non-hydrogen) atoms. The van der Waals surface area contributed by atoms with Gasteiger partial charge in [-0.25, -0.2) is 0 Å². The van der Waals surface area contributed by atoms with Crippen LogP contribution in [-0.2, 0) is 0 Å². The van der Waals surface area contributed by atoms with Gasteiger partial charge in [0.2, 0.25) is 0 Å². The normalized spacial score (nSPS) is 27.2. The summed E-state index contributed by atoms with van der Waals surface area (Å²) in [6, 6.07) is 0. The third-order valence-electron chi connectivity index (χ3n) is 2.39. The molecule has 1 heteroatoms. The molecule has 1 nitrogen and oxygen atoms in total. The molecular formula is C9H17N. The average Bonchev–Trinajstić information content (AvgIpc) is 1.88. The highest BCUT2D eigenvalue weighted by molar-refractivity contribution is 5.14. The van der Waals surface area contributed by atoms with Crippen LogP contribution in [0.3, 0.4) is 0 Å². The predicted molar refractivity (Wildman–Crippen MR) is 44.5 cm³/mol. The molecule has 58 valence electrons. The number of allylic oxidation sites excluding steroid dienone is 2. The van der Waals surface area contributed by atoms with Crippen molar-refractivity contribution in [3.05, 3.63) is 11.3 Å². The van der Waals surface area contributed by atoms with Gasteiger partial charge in [0.25, 0.3) is 0 Å². The van der Waals surface area contributed by atoms with Gasteiger partial charge in [-0.3, -0.25) is 0 Å². The molecule has 0 fully saturated rings. The summed E-state index contributed by atoms with van der Waals surface area (Å²) >= 11 is 0. The minimum atomic E-state index is 0.815. The third kappa shape index (κ3) is 1.53. The van der Waals surface area contributed by atoms with Crippen LogP contribution in [0.25, 0.3) is 0 Å². The molecule has 1 unspecified atom stereocenters. The molecule has 0 aliphatic heterocycles. The topological polar surface area (TPSA) is 26.0 Å². The highest BCUT2D eigenvalue weighted by Gasteiger charge is 2.13. The highest BCUT2D eigenvalue weighted by atomic mass is 14.6. The Morgan fingerprint density at radius 3 is 2.80 bits per heavy atom. The van der Waals surface area contributed by atoms with E-state index >= 15 is 0 Å². The molecule has 0 heterocycles. The summed E-state index contributed by atoms with van der Waals surface area (Å²) < 4.78 is 0. The van der Waals surface area contributed by atoms with Crippen molar-refractivity contribution < 1.29 is 0 Å². The molecule has 0 saturated carbocycles. The highest BCUT2D eigenvalue weighted by Crippen LogP contribution is 2.27. The van der Waals surface area contributed by atoms with Crippen LogP contribution in [0.4, 0.5) is 0 Å². The largest absolute Gasteiger partial charge is 0.402 e. The van der Waals surface area contributed by atoms with Crippen molar-refractivity contribution in [1.82, 2.24) is 0 Å². The van der Waals surface area contributed by atoms with Crippen LogP contribution in [0, 0.1) is 5.92 Å². The van der Waals surface area contributed by atoms with E-state index in [0.29, 0.717) is 0 Å². The second kappa shape index (κ2) is 3.09. The van der Waals surface area contributed by atoms with Gasteiger partial charge < -0.3 is 5.73 Å². The molecule has 0 spiro atoms. The predicted octanol–water partition coefficient (Wildman–Crippen LogP) is 2.43. The lowest BCUT2D eigenvalue weighted by Gasteiger charge is -2.21. The second-order valence-electron chi connectivity index (χ2n) is 3.33. The van der Waals surface area contributed by atoms with Gasteiger partial charge in [0, 0.05) is 5.70 Å². The van der Waals surface area contributed by atoms with Crippen molar-refractivity contribution in [1.29, 1.82) is 0 Å². The number of rotatable bonds is 1. The Balaban J connectivity index is 2.61. The van der Waals surface area contributed by atoms with E-state index in [9.17, 15) is 0 Å². The maximum atomic E-state index is 5.86. The molecule has 0 aromatic carbocycles. The Morgan fingerprint density at radius 1 is 1.60 bits per heavy atom. The van der Waals surface area contributed by atoms with E-state index in [1.165, 1.54) is 24.1 Å². The molecular weight excluding hydrogens is 122 g/mol. The third-order valence-corrected chi connectivity index (χ3v) is 2.39. The van der Waals surface area contributed by atoms with E-state index in [1.54, 1.807) is 0 Å². The molecule has 0 aromatic rings. The first-order valence-corrected chi connectivity index (χ1v) is 4.20. The maximum absolute atomic E-state index is 5.86. The zero-order chi connectivity index (χ0) is 7.56. The lowest BCUT2D eigenvalue weighted by molar-refractivity contribution is 0.487. The van der Waals surface area contributed by atoms with E-state index < -0.39 is 0 Å². The van der Waals surface area contributed by atoms with Crippen LogP contribution < -0.4 is 5.73 Å². The van der Waals surface area contributed by atoms with Crippen LogP contribution in [0.2, 0.25) is 0 Å². The summed E-state index contributed by atoms with van der Waals surface area (Å²) in [5.74, 6) is 0.815. The van der Waals surface area contributed by atoms with Crippen LogP contribution >= 0.6 is 0 Å². The molecule has 0 radical (unpaired) electrons. The van der Waals surface area contributed by atoms with Crippen molar-refractivity contribution in [2.75, 3.05) is 0 Å². The van der Waals surface area contributed by atoms with Gasteiger partial charge in [0.1, 0.15) is 0 Å². The number of hydrogen-bond donors (Lipinski definition) is 1. The summed E-state index contributed by atoms with van der Waals surface area (Å²) in [7, 11) is 0. The van der Waals surface area contributed by atoms with Crippen LogP contribution in [0.15, 0.2) is 11.3 Å². The SMILES string of the molecule is CCC1=C(N)CC(C)CC1. The zero-order valence-corrected chi connectivity index (χ0v) is 6.98. The van der Waals surface area contributed by atoms with Crippen molar-refractivity contribution in [3.8, 4) is 0 Å². The maximum Gasteiger partial charge on any atom is 0.00749 e. The van der Waals surface area contributed by atoms with E-state index in [2.05, 4.69) is 13.8 Å². The zero-order valence-electron chi connectivity index (χ0n) is 6.98. The van der Waals surface area contributed by atoms with E-state index in [-0.39, 0.29) is 0 Å². The molecule has 1 rings (SSSR count). The molecule has 2 N–H and O–H groups in total. The number of nitrogens with two attached hydrogens (primary N) is 1. The Morgan fingerprint density at radius 2 is 2.30 bits per heavy atom. The fourth-order valence-corrected chi connectivity index (χ4v) is 1.61. The van der Waals surface area contributed by atoms with Gasteiger partial charge in [-0.05, 0) is 31.6 Å². The summed E-state index contributed by atoms with van der Waals surface area (Å²) in [5.41, 5.74) is 8.53. The lowest BCUT2D eigenvalue weighted by Crippen LogP contribution is -2.13. The average molecular weight is 139 g/mol.